The number of carboxylic acid groups (broad SMARTS) is 1. The number of anilines is 2. The van der Waals surface area contributed by atoms with E-state index in [2.05, 4.69) is 18.7 Å². The molecule has 0 amide bonds. The summed E-state index contributed by atoms with van der Waals surface area (Å²) < 4.78 is 5.61. The molecule has 1 saturated heterocycles. The fraction of sp³-hybridized carbons (Fsp3) is 0.611. The zero-order valence-electron chi connectivity index (χ0n) is 14.3. The fourth-order valence-electron chi connectivity index (χ4n) is 3.27. The summed E-state index contributed by atoms with van der Waals surface area (Å²) in [6.07, 6.45) is 0.929. The van der Waals surface area contributed by atoms with Crippen molar-refractivity contribution in [3.63, 3.8) is 0 Å². The third-order valence-corrected chi connectivity index (χ3v) is 4.68. The first-order valence-corrected chi connectivity index (χ1v) is 8.39. The predicted octanol–water partition coefficient (Wildman–Crippen LogP) is 3.10. The van der Waals surface area contributed by atoms with Gasteiger partial charge in [-0.05, 0) is 36.0 Å². The summed E-state index contributed by atoms with van der Waals surface area (Å²) in [5, 5.41) is 9.05. The van der Waals surface area contributed by atoms with E-state index in [-0.39, 0.29) is 12.3 Å². The normalized spacial score (nSPS) is 19.8. The Bertz CT molecular complexity index is 545. The van der Waals surface area contributed by atoms with Gasteiger partial charge in [0, 0.05) is 6.54 Å². The smallest absolute Gasteiger partial charge is 0.303 e. The minimum absolute atomic E-state index is 0.00874. The summed E-state index contributed by atoms with van der Waals surface area (Å²) in [5.74, 6) is -0.285. The van der Waals surface area contributed by atoms with Gasteiger partial charge in [-0.25, -0.2) is 0 Å². The molecule has 1 aromatic carbocycles. The molecule has 5 heteroatoms. The molecule has 0 bridgehead atoms. The minimum atomic E-state index is -0.771. The zero-order chi connectivity index (χ0) is 17.0. The highest BCUT2D eigenvalue weighted by atomic mass is 16.5. The van der Waals surface area contributed by atoms with Crippen LogP contribution in [0.25, 0.3) is 0 Å². The number of carbonyl (C=O) groups is 1. The van der Waals surface area contributed by atoms with Crippen LogP contribution in [0.5, 0.6) is 0 Å². The second-order valence-corrected chi connectivity index (χ2v) is 6.60. The highest BCUT2D eigenvalue weighted by Crippen LogP contribution is 2.33. The van der Waals surface area contributed by atoms with Gasteiger partial charge in [-0.1, -0.05) is 26.8 Å². The van der Waals surface area contributed by atoms with Crippen LogP contribution in [0, 0.1) is 5.92 Å². The number of hydrogen-bond donors (Lipinski definition) is 2. The van der Waals surface area contributed by atoms with Crippen LogP contribution in [0.3, 0.4) is 0 Å². The molecule has 1 heterocycles. The van der Waals surface area contributed by atoms with Crippen molar-refractivity contribution in [2.75, 3.05) is 30.4 Å². The van der Waals surface area contributed by atoms with Crippen LogP contribution in [-0.4, -0.2) is 36.9 Å². The molecule has 1 fully saturated rings. The van der Waals surface area contributed by atoms with Gasteiger partial charge in [-0.15, -0.1) is 0 Å². The Kier molecular flexibility index (Phi) is 5.88. The van der Waals surface area contributed by atoms with E-state index >= 15 is 0 Å². The molecule has 0 spiro atoms. The molecule has 0 radical (unpaired) electrons. The number of benzene rings is 1. The number of carboxylic acids is 1. The van der Waals surface area contributed by atoms with Gasteiger partial charge in [0.1, 0.15) is 0 Å². The van der Waals surface area contributed by atoms with Crippen LogP contribution in [0.15, 0.2) is 18.2 Å². The first kappa shape index (κ1) is 17.6. The molecule has 23 heavy (non-hydrogen) atoms. The number of nitrogens with two attached hydrogens (primary N) is 1. The molecule has 0 aliphatic carbocycles. The van der Waals surface area contributed by atoms with E-state index in [1.54, 1.807) is 0 Å². The summed E-state index contributed by atoms with van der Waals surface area (Å²) >= 11 is 0. The summed E-state index contributed by atoms with van der Waals surface area (Å²) in [5.41, 5.74) is 9.06. The summed E-state index contributed by atoms with van der Waals surface area (Å²) in [6, 6.07) is 6.32. The first-order chi connectivity index (χ1) is 10.9. The minimum Gasteiger partial charge on any atom is -0.481 e. The molecule has 2 atom stereocenters. The van der Waals surface area contributed by atoms with E-state index in [4.69, 9.17) is 15.6 Å². The van der Waals surface area contributed by atoms with Crippen molar-refractivity contribution < 1.29 is 14.6 Å². The van der Waals surface area contributed by atoms with Gasteiger partial charge < -0.3 is 20.5 Å². The van der Waals surface area contributed by atoms with Crippen LogP contribution >= 0.6 is 0 Å². The lowest BCUT2D eigenvalue weighted by molar-refractivity contribution is -0.137. The van der Waals surface area contributed by atoms with Crippen molar-refractivity contribution in [2.45, 2.75) is 45.6 Å². The van der Waals surface area contributed by atoms with Crippen LogP contribution in [0.2, 0.25) is 0 Å². The van der Waals surface area contributed by atoms with Crippen molar-refractivity contribution in [2.24, 2.45) is 5.92 Å². The molecular weight excluding hydrogens is 292 g/mol. The third kappa shape index (κ3) is 4.16. The number of rotatable bonds is 6. The molecule has 3 N–H and O–H groups in total. The molecule has 1 aliphatic rings. The maximum Gasteiger partial charge on any atom is 0.303 e. The average molecular weight is 320 g/mol. The predicted molar refractivity (Wildman–Crippen MR) is 92.9 cm³/mol. The maximum atomic E-state index is 11.0. The molecule has 5 nitrogen and oxygen atoms in total. The van der Waals surface area contributed by atoms with Crippen LogP contribution in [0.4, 0.5) is 11.4 Å². The van der Waals surface area contributed by atoms with E-state index in [1.807, 2.05) is 25.1 Å². The molecule has 2 rings (SSSR count). The van der Waals surface area contributed by atoms with Gasteiger partial charge >= 0.3 is 5.97 Å². The van der Waals surface area contributed by atoms with Gasteiger partial charge in [0.05, 0.1) is 37.1 Å². The largest absolute Gasteiger partial charge is 0.481 e. The standard InChI is InChI=1S/C18H28N2O3/c1-4-13(10-18(21)22)14-5-6-16(15(19)9-14)20-7-8-23-11-17(20)12(2)3/h5-6,9,12-13,17H,4,7-8,10-11,19H2,1-3H3,(H,21,22)/t13-,17-/m1/s1. The molecule has 128 valence electrons. The molecule has 1 aromatic rings. The second kappa shape index (κ2) is 7.68. The van der Waals surface area contributed by atoms with Gasteiger partial charge in [0.2, 0.25) is 0 Å². The lowest BCUT2D eigenvalue weighted by Gasteiger charge is -2.40. The fourth-order valence-corrected chi connectivity index (χ4v) is 3.27. The second-order valence-electron chi connectivity index (χ2n) is 6.60. The monoisotopic (exact) mass is 320 g/mol. The first-order valence-electron chi connectivity index (χ1n) is 8.39. The molecule has 0 aromatic heterocycles. The Hall–Kier alpha value is -1.75. The quantitative estimate of drug-likeness (QED) is 0.788. The Morgan fingerprint density at radius 3 is 2.78 bits per heavy atom. The van der Waals surface area contributed by atoms with Crippen LogP contribution in [0.1, 0.15) is 45.1 Å². The third-order valence-electron chi connectivity index (χ3n) is 4.68. The van der Waals surface area contributed by atoms with E-state index < -0.39 is 5.97 Å². The van der Waals surface area contributed by atoms with Crippen molar-refractivity contribution in [3.8, 4) is 0 Å². The lowest BCUT2D eigenvalue weighted by Crippen LogP contribution is -2.48. The highest BCUT2D eigenvalue weighted by Gasteiger charge is 2.27. The van der Waals surface area contributed by atoms with E-state index in [0.29, 0.717) is 18.6 Å². The van der Waals surface area contributed by atoms with E-state index in [9.17, 15) is 4.79 Å². The van der Waals surface area contributed by atoms with E-state index in [1.165, 1.54) is 0 Å². The molecule has 0 saturated carbocycles. The number of ether oxygens (including phenoxy) is 1. The summed E-state index contributed by atoms with van der Waals surface area (Å²) in [7, 11) is 0. The Labute approximate surface area is 138 Å². The number of nitrogen functional groups attached to an aromatic ring is 1. The molecule has 0 unspecified atom stereocenters. The van der Waals surface area contributed by atoms with Crippen molar-refractivity contribution in [3.05, 3.63) is 23.8 Å². The summed E-state index contributed by atoms with van der Waals surface area (Å²) in [4.78, 5) is 13.3. The van der Waals surface area contributed by atoms with Gasteiger partial charge in [0.15, 0.2) is 0 Å². The number of aliphatic carboxylic acids is 1. The summed E-state index contributed by atoms with van der Waals surface area (Å²) in [6.45, 7) is 8.65. The van der Waals surface area contributed by atoms with Crippen LogP contribution < -0.4 is 10.6 Å². The zero-order valence-corrected chi connectivity index (χ0v) is 14.3. The van der Waals surface area contributed by atoms with Crippen molar-refractivity contribution in [1.82, 2.24) is 0 Å². The van der Waals surface area contributed by atoms with Crippen LogP contribution in [-0.2, 0) is 9.53 Å². The van der Waals surface area contributed by atoms with Crippen molar-refractivity contribution >= 4 is 17.3 Å². The number of nitrogens with zero attached hydrogens (tertiary/aromatic N) is 1. The van der Waals surface area contributed by atoms with Gasteiger partial charge in [0.25, 0.3) is 0 Å². The highest BCUT2D eigenvalue weighted by molar-refractivity contribution is 5.71. The molecule has 1 aliphatic heterocycles. The maximum absolute atomic E-state index is 11.0. The van der Waals surface area contributed by atoms with Gasteiger partial charge in [-0.3, -0.25) is 4.79 Å². The number of morpholine rings is 1. The van der Waals surface area contributed by atoms with Gasteiger partial charge in [-0.2, -0.15) is 0 Å². The van der Waals surface area contributed by atoms with Crippen molar-refractivity contribution in [1.29, 1.82) is 0 Å². The Balaban J connectivity index is 2.26. The molecular formula is C18H28N2O3. The lowest BCUT2D eigenvalue weighted by atomic mass is 9.92. The number of hydrogen-bond acceptors (Lipinski definition) is 4. The average Bonchev–Trinajstić information content (AvgIpc) is 2.52. The Morgan fingerprint density at radius 2 is 2.22 bits per heavy atom. The van der Waals surface area contributed by atoms with E-state index in [0.717, 1.165) is 36.5 Å². The Morgan fingerprint density at radius 1 is 1.48 bits per heavy atom. The SMILES string of the molecule is CC[C@H](CC(=O)O)c1ccc(N2CCOC[C@@H]2C(C)C)c(N)c1. The topological polar surface area (TPSA) is 75.8 Å².